The van der Waals surface area contributed by atoms with Crippen LogP contribution in [0.3, 0.4) is 0 Å². The molecule has 6 nitrogen and oxygen atoms in total. The lowest BCUT2D eigenvalue weighted by atomic mass is 9.76. The quantitative estimate of drug-likeness (QED) is 0.758. The van der Waals surface area contributed by atoms with E-state index in [4.69, 9.17) is 9.47 Å². The van der Waals surface area contributed by atoms with Gasteiger partial charge in [-0.3, -0.25) is 9.59 Å². The minimum absolute atomic E-state index is 0.0298. The van der Waals surface area contributed by atoms with Crippen LogP contribution in [-0.4, -0.2) is 60.1 Å². The van der Waals surface area contributed by atoms with Crippen LogP contribution in [0.2, 0.25) is 0 Å². The van der Waals surface area contributed by atoms with E-state index in [2.05, 4.69) is 0 Å². The first-order valence-electron chi connectivity index (χ1n) is 9.69. The van der Waals surface area contributed by atoms with Crippen molar-refractivity contribution in [2.45, 2.75) is 31.1 Å². The second-order valence-corrected chi connectivity index (χ2v) is 7.98. The van der Waals surface area contributed by atoms with Crippen molar-refractivity contribution in [2.24, 2.45) is 11.8 Å². The first-order valence-corrected chi connectivity index (χ1v) is 9.69. The maximum absolute atomic E-state index is 13.3. The van der Waals surface area contributed by atoms with Gasteiger partial charge in [0.15, 0.2) is 0 Å². The van der Waals surface area contributed by atoms with Crippen molar-refractivity contribution in [2.75, 3.05) is 26.7 Å². The number of hydrogen-bond donors (Lipinski definition) is 0. The van der Waals surface area contributed by atoms with E-state index >= 15 is 0 Å². The minimum Gasteiger partial charge on any atom is -0.497 e. The van der Waals surface area contributed by atoms with Gasteiger partial charge in [-0.25, -0.2) is 0 Å². The van der Waals surface area contributed by atoms with Crippen molar-refractivity contribution in [1.82, 2.24) is 9.80 Å². The second kappa shape index (κ2) is 6.09. The number of carbonyl (C=O) groups is 2. The lowest BCUT2D eigenvalue weighted by molar-refractivity contribution is -0.142. The lowest BCUT2D eigenvalue weighted by Gasteiger charge is -2.27. The van der Waals surface area contributed by atoms with E-state index in [0.29, 0.717) is 13.1 Å². The summed E-state index contributed by atoms with van der Waals surface area (Å²) in [7, 11) is 1.63. The molecule has 1 spiro atoms. The Labute approximate surface area is 158 Å². The highest BCUT2D eigenvalue weighted by Crippen LogP contribution is 2.52. The Bertz CT molecular complexity index is 816. The van der Waals surface area contributed by atoms with Crippen molar-refractivity contribution in [3.05, 3.63) is 42.0 Å². The summed E-state index contributed by atoms with van der Waals surface area (Å²) in [5.41, 5.74) is 0.376. The zero-order valence-corrected chi connectivity index (χ0v) is 15.5. The van der Waals surface area contributed by atoms with Gasteiger partial charge in [0.1, 0.15) is 11.4 Å². The van der Waals surface area contributed by atoms with E-state index in [1.54, 1.807) is 7.11 Å². The van der Waals surface area contributed by atoms with Gasteiger partial charge in [0.05, 0.1) is 31.6 Å². The van der Waals surface area contributed by atoms with Gasteiger partial charge in [-0.05, 0) is 30.5 Å². The van der Waals surface area contributed by atoms with E-state index in [1.807, 2.05) is 46.2 Å². The highest BCUT2D eigenvalue weighted by molar-refractivity contribution is 5.93. The molecule has 0 saturated carbocycles. The van der Waals surface area contributed by atoms with Crippen molar-refractivity contribution >= 4 is 11.8 Å². The molecule has 0 aromatic heterocycles. The number of rotatable bonds is 4. The van der Waals surface area contributed by atoms with E-state index in [-0.39, 0.29) is 23.8 Å². The molecule has 0 radical (unpaired) electrons. The summed E-state index contributed by atoms with van der Waals surface area (Å²) in [6.07, 6.45) is 5.83. The minimum atomic E-state index is -0.638. The van der Waals surface area contributed by atoms with E-state index in [9.17, 15) is 9.59 Å². The van der Waals surface area contributed by atoms with Gasteiger partial charge in [-0.1, -0.05) is 24.3 Å². The molecule has 3 fully saturated rings. The Balaban J connectivity index is 1.39. The molecule has 3 saturated heterocycles. The number of amides is 2. The Morgan fingerprint density at radius 1 is 1.33 bits per heavy atom. The molecule has 27 heavy (non-hydrogen) atoms. The van der Waals surface area contributed by atoms with Crippen molar-refractivity contribution in [3.8, 4) is 5.75 Å². The first kappa shape index (κ1) is 16.8. The van der Waals surface area contributed by atoms with Crippen LogP contribution in [0, 0.1) is 11.8 Å². The van der Waals surface area contributed by atoms with Crippen molar-refractivity contribution in [1.29, 1.82) is 0 Å². The number of nitrogens with zero attached hydrogens (tertiary/aromatic N) is 2. The SMILES string of the molecule is COc1cccc(CN2C[C@@]34C=C[C@@H](O3)C(C(=O)N3CCCC3)C4C2=O)c1. The van der Waals surface area contributed by atoms with Gasteiger partial charge >= 0.3 is 0 Å². The third-order valence-electron chi connectivity index (χ3n) is 6.39. The molecule has 2 amide bonds. The van der Waals surface area contributed by atoms with E-state index < -0.39 is 11.5 Å². The Hall–Kier alpha value is -2.34. The van der Waals surface area contributed by atoms with Gasteiger partial charge in [0, 0.05) is 19.6 Å². The topological polar surface area (TPSA) is 59.1 Å². The maximum atomic E-state index is 13.3. The van der Waals surface area contributed by atoms with Gasteiger partial charge in [-0.2, -0.15) is 0 Å². The fraction of sp³-hybridized carbons (Fsp3) is 0.524. The van der Waals surface area contributed by atoms with Crippen LogP contribution in [0.15, 0.2) is 36.4 Å². The molecule has 2 unspecified atom stereocenters. The summed E-state index contributed by atoms with van der Waals surface area (Å²) < 4.78 is 11.5. The molecule has 4 aliphatic rings. The van der Waals surface area contributed by atoms with Crippen LogP contribution in [0.25, 0.3) is 0 Å². The predicted octanol–water partition coefficient (Wildman–Crippen LogP) is 1.60. The molecule has 4 aliphatic heterocycles. The van der Waals surface area contributed by atoms with Crippen LogP contribution < -0.4 is 4.74 Å². The summed E-state index contributed by atoms with van der Waals surface area (Å²) in [6.45, 7) is 2.60. The second-order valence-electron chi connectivity index (χ2n) is 7.98. The average Bonchev–Trinajstić information content (AvgIpc) is 3.44. The summed E-state index contributed by atoms with van der Waals surface area (Å²) in [4.78, 5) is 30.1. The summed E-state index contributed by atoms with van der Waals surface area (Å²) >= 11 is 0. The Morgan fingerprint density at radius 3 is 2.93 bits per heavy atom. The normalized spacial score (nSPS) is 33.8. The number of fused-ring (bicyclic) bond motifs is 1. The van der Waals surface area contributed by atoms with Crippen LogP contribution in [-0.2, 0) is 20.9 Å². The number of carbonyl (C=O) groups excluding carboxylic acids is 2. The maximum Gasteiger partial charge on any atom is 0.230 e. The zero-order valence-electron chi connectivity index (χ0n) is 15.5. The molecular formula is C21H24N2O4. The molecule has 0 N–H and O–H groups in total. The predicted molar refractivity (Wildman–Crippen MR) is 97.9 cm³/mol. The molecule has 6 heteroatoms. The number of hydrogen-bond acceptors (Lipinski definition) is 4. The smallest absolute Gasteiger partial charge is 0.230 e. The number of likely N-dealkylation sites (tertiary alicyclic amines) is 2. The molecule has 4 atom stereocenters. The third-order valence-corrected chi connectivity index (χ3v) is 6.39. The van der Waals surface area contributed by atoms with Gasteiger partial charge in [-0.15, -0.1) is 0 Å². The highest BCUT2D eigenvalue weighted by atomic mass is 16.5. The summed E-state index contributed by atoms with van der Waals surface area (Å²) in [6, 6.07) is 7.75. The van der Waals surface area contributed by atoms with E-state index in [1.165, 1.54) is 0 Å². The summed E-state index contributed by atoms with van der Waals surface area (Å²) in [5.74, 6) is 0.117. The summed E-state index contributed by atoms with van der Waals surface area (Å²) in [5, 5.41) is 0. The molecule has 1 aromatic rings. The number of benzene rings is 1. The molecule has 1 aromatic carbocycles. The molecule has 142 valence electrons. The Morgan fingerprint density at radius 2 is 2.15 bits per heavy atom. The van der Waals surface area contributed by atoms with Crippen LogP contribution in [0.5, 0.6) is 5.75 Å². The van der Waals surface area contributed by atoms with Gasteiger partial charge in [0.2, 0.25) is 11.8 Å². The Kier molecular flexibility index (Phi) is 3.79. The van der Waals surface area contributed by atoms with Gasteiger partial charge in [0.25, 0.3) is 0 Å². The molecule has 0 aliphatic carbocycles. The number of methoxy groups -OCH3 is 1. The molecule has 2 bridgehead atoms. The monoisotopic (exact) mass is 368 g/mol. The molecule has 5 rings (SSSR count). The largest absolute Gasteiger partial charge is 0.497 e. The fourth-order valence-corrected chi connectivity index (χ4v) is 5.13. The van der Waals surface area contributed by atoms with Gasteiger partial charge < -0.3 is 19.3 Å². The number of ether oxygens (including phenoxy) is 2. The lowest BCUT2D eigenvalue weighted by Crippen LogP contribution is -2.45. The fourth-order valence-electron chi connectivity index (χ4n) is 5.13. The van der Waals surface area contributed by atoms with Crippen LogP contribution >= 0.6 is 0 Å². The average molecular weight is 368 g/mol. The zero-order chi connectivity index (χ0) is 18.6. The van der Waals surface area contributed by atoms with Crippen LogP contribution in [0.4, 0.5) is 0 Å². The molecular weight excluding hydrogens is 344 g/mol. The molecule has 4 heterocycles. The third kappa shape index (κ3) is 2.50. The highest BCUT2D eigenvalue weighted by Gasteiger charge is 2.67. The van der Waals surface area contributed by atoms with Crippen LogP contribution in [0.1, 0.15) is 18.4 Å². The first-order chi connectivity index (χ1) is 13.1. The van der Waals surface area contributed by atoms with E-state index in [0.717, 1.165) is 37.2 Å². The van der Waals surface area contributed by atoms with Crippen molar-refractivity contribution < 1.29 is 19.1 Å². The van der Waals surface area contributed by atoms with Crippen molar-refractivity contribution in [3.63, 3.8) is 0 Å². The standard InChI is InChI=1S/C21H24N2O4/c1-26-15-6-4-5-14(11-15)12-23-13-21-8-7-16(27-21)17(18(21)20(23)25)19(24)22-9-2-3-10-22/h4-8,11,16-18H,2-3,9-10,12-13H2,1H3/t16-,17?,18?,21-/m1/s1.